The zero-order valence-corrected chi connectivity index (χ0v) is 9.92. The topological polar surface area (TPSA) is 48.0 Å². The first-order valence-corrected chi connectivity index (χ1v) is 4.72. The van der Waals surface area contributed by atoms with Crippen molar-refractivity contribution in [3.8, 4) is 0 Å². The summed E-state index contributed by atoms with van der Waals surface area (Å²) in [6.07, 6.45) is 0. The minimum absolute atomic E-state index is 0. The van der Waals surface area contributed by atoms with Crippen LogP contribution in [-0.2, 0) is 17.9 Å². The van der Waals surface area contributed by atoms with E-state index in [2.05, 4.69) is 17.9 Å². The second-order valence-electron chi connectivity index (χ2n) is 3.44. The summed E-state index contributed by atoms with van der Waals surface area (Å²) >= 11 is 0. The van der Waals surface area contributed by atoms with Crippen molar-refractivity contribution in [2.75, 3.05) is 7.05 Å². The molecular weight excluding hydrogens is 212 g/mol. The maximum atomic E-state index is 11.0. The number of quaternary nitrogens is 1. The van der Waals surface area contributed by atoms with Crippen LogP contribution in [0.4, 0.5) is 0 Å². The number of carbonyl (C=O) groups is 1. The third-order valence-corrected chi connectivity index (χ3v) is 2.27. The second kappa shape index (κ2) is 6.43. The molecule has 1 amide bonds. The van der Waals surface area contributed by atoms with Gasteiger partial charge in [-0.2, -0.15) is 0 Å². The smallest absolute Gasteiger partial charge is 0.219 e. The molecule has 3 N–H and O–H groups in total. The third-order valence-electron chi connectivity index (χ3n) is 2.27. The Kier molecular flexibility index (Phi) is 5.97. The standard InChI is InChI=1S/C11H16N2O.ClH/c1-9(14)13(2)8-11-5-3-10(7-12)4-6-11;/h3-6H,7-8,12H2,1-2H3;1H. The van der Waals surface area contributed by atoms with Gasteiger partial charge >= 0.3 is 0 Å². The Hall–Kier alpha value is -1.06. The lowest BCUT2D eigenvalue weighted by atomic mass is 10.1. The normalized spacial score (nSPS) is 9.27. The monoisotopic (exact) mass is 228 g/mol. The molecule has 0 unspecified atom stereocenters. The van der Waals surface area contributed by atoms with E-state index in [4.69, 9.17) is 0 Å². The Morgan fingerprint density at radius 1 is 1.27 bits per heavy atom. The van der Waals surface area contributed by atoms with Gasteiger partial charge in [0, 0.05) is 26.1 Å². The van der Waals surface area contributed by atoms with Crippen molar-refractivity contribution >= 4 is 5.91 Å². The Balaban J connectivity index is 0.00000196. The molecule has 0 bridgehead atoms. The molecule has 0 atom stereocenters. The van der Waals surface area contributed by atoms with E-state index in [0.717, 1.165) is 12.1 Å². The SMILES string of the molecule is CC(=O)N(C)Cc1ccc(C[NH3+])cc1.[Cl-]. The maximum Gasteiger partial charge on any atom is 0.219 e. The first-order valence-electron chi connectivity index (χ1n) is 4.72. The molecule has 0 aromatic heterocycles. The van der Waals surface area contributed by atoms with Crippen LogP contribution in [0.25, 0.3) is 0 Å². The van der Waals surface area contributed by atoms with E-state index in [1.165, 1.54) is 5.56 Å². The van der Waals surface area contributed by atoms with Crippen molar-refractivity contribution in [2.45, 2.75) is 20.0 Å². The van der Waals surface area contributed by atoms with Gasteiger partial charge in [-0.1, -0.05) is 24.3 Å². The number of hydrogen-bond acceptors (Lipinski definition) is 1. The first kappa shape index (κ1) is 13.9. The summed E-state index contributed by atoms with van der Waals surface area (Å²) in [7, 11) is 1.80. The Morgan fingerprint density at radius 3 is 2.13 bits per heavy atom. The van der Waals surface area contributed by atoms with Crippen molar-refractivity contribution in [1.82, 2.24) is 4.90 Å². The molecule has 0 fully saturated rings. The van der Waals surface area contributed by atoms with Gasteiger partial charge in [0.1, 0.15) is 0 Å². The third kappa shape index (κ3) is 4.32. The predicted octanol–water partition coefficient (Wildman–Crippen LogP) is -2.59. The van der Waals surface area contributed by atoms with Gasteiger partial charge in [-0.25, -0.2) is 0 Å². The van der Waals surface area contributed by atoms with Crippen LogP contribution in [0.3, 0.4) is 0 Å². The molecule has 0 aliphatic rings. The van der Waals surface area contributed by atoms with Gasteiger partial charge in [0.25, 0.3) is 0 Å². The van der Waals surface area contributed by atoms with Crippen LogP contribution in [0, 0.1) is 0 Å². The molecule has 0 spiro atoms. The summed E-state index contributed by atoms with van der Waals surface area (Å²) in [6, 6.07) is 8.19. The molecule has 0 aliphatic carbocycles. The van der Waals surface area contributed by atoms with Crippen molar-refractivity contribution < 1.29 is 22.9 Å². The molecule has 0 heterocycles. The molecule has 1 aromatic carbocycles. The summed E-state index contributed by atoms with van der Waals surface area (Å²) in [4.78, 5) is 12.7. The minimum Gasteiger partial charge on any atom is -1.00 e. The van der Waals surface area contributed by atoms with Crippen molar-refractivity contribution in [2.24, 2.45) is 0 Å². The number of nitrogens with zero attached hydrogens (tertiary/aromatic N) is 1. The van der Waals surface area contributed by atoms with Gasteiger partial charge in [0.15, 0.2) is 0 Å². The zero-order valence-electron chi connectivity index (χ0n) is 9.16. The van der Waals surface area contributed by atoms with Crippen LogP contribution in [0.15, 0.2) is 24.3 Å². The molecule has 1 rings (SSSR count). The van der Waals surface area contributed by atoms with E-state index in [0.29, 0.717) is 6.54 Å². The summed E-state index contributed by atoms with van der Waals surface area (Å²) in [5, 5.41) is 0. The fourth-order valence-corrected chi connectivity index (χ4v) is 1.20. The van der Waals surface area contributed by atoms with Gasteiger partial charge < -0.3 is 23.0 Å². The number of hydrogen-bond donors (Lipinski definition) is 1. The maximum absolute atomic E-state index is 11.0. The lowest BCUT2D eigenvalue weighted by molar-refractivity contribution is -0.386. The lowest BCUT2D eigenvalue weighted by Crippen LogP contribution is -3.00. The van der Waals surface area contributed by atoms with Crippen molar-refractivity contribution in [3.05, 3.63) is 35.4 Å². The fraction of sp³-hybridized carbons (Fsp3) is 0.364. The molecule has 1 aromatic rings. The molecule has 0 saturated heterocycles. The Labute approximate surface area is 96.7 Å². The number of rotatable bonds is 3. The van der Waals surface area contributed by atoms with E-state index < -0.39 is 0 Å². The van der Waals surface area contributed by atoms with Crippen molar-refractivity contribution in [3.63, 3.8) is 0 Å². The molecule has 15 heavy (non-hydrogen) atoms. The van der Waals surface area contributed by atoms with Crippen LogP contribution in [0.2, 0.25) is 0 Å². The molecule has 0 radical (unpaired) electrons. The molecule has 0 saturated carbocycles. The summed E-state index contributed by atoms with van der Waals surface area (Å²) in [5.74, 6) is 0.0891. The predicted molar refractivity (Wildman–Crippen MR) is 55.2 cm³/mol. The van der Waals surface area contributed by atoms with Gasteiger partial charge in [-0.3, -0.25) is 4.79 Å². The van der Waals surface area contributed by atoms with Crippen LogP contribution in [0.5, 0.6) is 0 Å². The van der Waals surface area contributed by atoms with Gasteiger partial charge in [-0.05, 0) is 5.56 Å². The van der Waals surface area contributed by atoms with Gasteiger partial charge in [-0.15, -0.1) is 0 Å². The highest BCUT2D eigenvalue weighted by molar-refractivity contribution is 5.72. The highest BCUT2D eigenvalue weighted by Crippen LogP contribution is 2.05. The van der Waals surface area contributed by atoms with E-state index in [1.54, 1.807) is 18.9 Å². The van der Waals surface area contributed by atoms with Crippen LogP contribution >= 0.6 is 0 Å². The highest BCUT2D eigenvalue weighted by atomic mass is 35.5. The Morgan fingerprint density at radius 2 is 1.73 bits per heavy atom. The number of benzene rings is 1. The van der Waals surface area contributed by atoms with E-state index in [1.807, 2.05) is 12.1 Å². The van der Waals surface area contributed by atoms with Crippen LogP contribution in [0.1, 0.15) is 18.1 Å². The summed E-state index contributed by atoms with van der Waals surface area (Å²) in [6.45, 7) is 3.06. The summed E-state index contributed by atoms with van der Waals surface area (Å²) < 4.78 is 0. The van der Waals surface area contributed by atoms with E-state index in [9.17, 15) is 4.79 Å². The van der Waals surface area contributed by atoms with Gasteiger partial charge in [0.05, 0.1) is 6.54 Å². The number of carbonyl (C=O) groups excluding carboxylic acids is 1. The quantitative estimate of drug-likeness (QED) is 0.607. The van der Waals surface area contributed by atoms with E-state index in [-0.39, 0.29) is 18.3 Å². The largest absolute Gasteiger partial charge is 1.00 e. The average Bonchev–Trinajstić information content (AvgIpc) is 2.19. The molecule has 3 nitrogen and oxygen atoms in total. The molecular formula is C11H17ClN2O. The average molecular weight is 229 g/mol. The van der Waals surface area contributed by atoms with Gasteiger partial charge in [0.2, 0.25) is 5.91 Å². The Bertz CT molecular complexity index is 311. The highest BCUT2D eigenvalue weighted by Gasteiger charge is 2.02. The number of halogens is 1. The van der Waals surface area contributed by atoms with Crippen molar-refractivity contribution in [1.29, 1.82) is 0 Å². The zero-order chi connectivity index (χ0) is 10.6. The summed E-state index contributed by atoms with van der Waals surface area (Å²) in [5.41, 5.74) is 6.18. The fourth-order valence-electron chi connectivity index (χ4n) is 1.20. The minimum atomic E-state index is 0. The molecule has 0 aliphatic heterocycles. The first-order chi connectivity index (χ1) is 6.63. The number of amides is 1. The van der Waals surface area contributed by atoms with Crippen LogP contribution < -0.4 is 18.1 Å². The lowest BCUT2D eigenvalue weighted by Gasteiger charge is -2.14. The molecule has 84 valence electrons. The molecule has 4 heteroatoms. The van der Waals surface area contributed by atoms with Crippen LogP contribution in [-0.4, -0.2) is 17.9 Å². The van der Waals surface area contributed by atoms with E-state index >= 15 is 0 Å². The second-order valence-corrected chi connectivity index (χ2v) is 3.44.